The maximum Gasteiger partial charge on any atom is 0.222 e. The Morgan fingerprint density at radius 3 is 2.12 bits per heavy atom. The topological polar surface area (TPSA) is 23.6 Å². The monoisotopic (exact) mass is 334 g/mol. The molecule has 3 nitrogen and oxygen atoms in total. The zero-order valence-electron chi connectivity index (χ0n) is 16.3. The van der Waals surface area contributed by atoms with Crippen LogP contribution in [0, 0.1) is 16.7 Å². The predicted octanol–water partition coefficient (Wildman–Crippen LogP) is 4.32. The van der Waals surface area contributed by atoms with E-state index in [4.69, 9.17) is 0 Å². The molecular weight excluding hydrogens is 296 g/mol. The lowest BCUT2D eigenvalue weighted by Gasteiger charge is -2.48. The van der Waals surface area contributed by atoms with E-state index in [0.29, 0.717) is 16.7 Å². The summed E-state index contributed by atoms with van der Waals surface area (Å²) in [5.41, 5.74) is 1.10. The second-order valence-electron chi connectivity index (χ2n) is 9.82. The molecule has 0 aromatic rings. The smallest absolute Gasteiger partial charge is 0.222 e. The zero-order valence-corrected chi connectivity index (χ0v) is 16.3. The van der Waals surface area contributed by atoms with Crippen molar-refractivity contribution in [1.82, 2.24) is 9.80 Å². The van der Waals surface area contributed by atoms with Gasteiger partial charge in [-0.2, -0.15) is 0 Å². The van der Waals surface area contributed by atoms with Gasteiger partial charge in [0.15, 0.2) is 0 Å². The van der Waals surface area contributed by atoms with Crippen molar-refractivity contribution < 1.29 is 4.79 Å². The summed E-state index contributed by atoms with van der Waals surface area (Å²) in [6, 6.07) is 0. The van der Waals surface area contributed by atoms with Crippen molar-refractivity contribution >= 4 is 5.91 Å². The second-order valence-corrected chi connectivity index (χ2v) is 9.82. The Morgan fingerprint density at radius 2 is 1.62 bits per heavy atom. The average molecular weight is 335 g/mol. The largest absolute Gasteiger partial charge is 0.343 e. The average Bonchev–Trinajstić information content (AvgIpc) is 2.53. The third-order valence-corrected chi connectivity index (χ3v) is 7.27. The minimum absolute atomic E-state index is 0.411. The third kappa shape index (κ3) is 4.33. The normalized spacial score (nSPS) is 25.7. The van der Waals surface area contributed by atoms with E-state index in [-0.39, 0.29) is 0 Å². The lowest BCUT2D eigenvalue weighted by molar-refractivity contribution is -0.134. The van der Waals surface area contributed by atoms with Gasteiger partial charge in [-0.25, -0.2) is 0 Å². The van der Waals surface area contributed by atoms with Gasteiger partial charge in [0.25, 0.3) is 0 Å². The van der Waals surface area contributed by atoms with Crippen LogP contribution in [-0.4, -0.2) is 48.4 Å². The van der Waals surface area contributed by atoms with E-state index in [1.807, 2.05) is 0 Å². The SMILES string of the molecule is CC(C)(C)C1CCN(CCCC(=O)N2CCC3(CCC3)CC2)CC1. The van der Waals surface area contributed by atoms with Crippen LogP contribution in [0.5, 0.6) is 0 Å². The van der Waals surface area contributed by atoms with E-state index in [1.165, 1.54) is 58.0 Å². The van der Waals surface area contributed by atoms with E-state index in [0.717, 1.165) is 38.4 Å². The second kappa shape index (κ2) is 7.35. The van der Waals surface area contributed by atoms with Crippen LogP contribution in [0.1, 0.15) is 78.6 Å². The molecule has 2 heterocycles. The Hall–Kier alpha value is -0.570. The third-order valence-electron chi connectivity index (χ3n) is 7.27. The Balaban J connectivity index is 1.30. The first-order chi connectivity index (χ1) is 11.4. The summed E-state index contributed by atoms with van der Waals surface area (Å²) in [5, 5.41) is 0. The molecule has 3 fully saturated rings. The molecule has 138 valence electrons. The maximum absolute atomic E-state index is 12.4. The molecular formula is C21H38N2O. The summed E-state index contributed by atoms with van der Waals surface area (Å²) >= 11 is 0. The first-order valence-electron chi connectivity index (χ1n) is 10.4. The molecule has 0 unspecified atom stereocenters. The molecule has 0 N–H and O–H groups in total. The Morgan fingerprint density at radius 1 is 1.00 bits per heavy atom. The van der Waals surface area contributed by atoms with Gasteiger partial charge >= 0.3 is 0 Å². The molecule has 0 bridgehead atoms. The predicted molar refractivity (Wildman–Crippen MR) is 100.0 cm³/mol. The highest BCUT2D eigenvalue weighted by Crippen LogP contribution is 2.48. The van der Waals surface area contributed by atoms with Crippen molar-refractivity contribution in [3.8, 4) is 0 Å². The van der Waals surface area contributed by atoms with Crippen LogP contribution in [0.3, 0.4) is 0 Å². The fraction of sp³-hybridized carbons (Fsp3) is 0.952. The minimum atomic E-state index is 0.411. The van der Waals surface area contributed by atoms with Crippen molar-refractivity contribution in [2.45, 2.75) is 78.6 Å². The lowest BCUT2D eigenvalue weighted by atomic mass is 9.63. The number of hydrogen-bond donors (Lipinski definition) is 0. The molecule has 1 spiro atoms. The van der Waals surface area contributed by atoms with Crippen LogP contribution < -0.4 is 0 Å². The number of rotatable bonds is 4. The molecule has 1 saturated carbocycles. The molecule has 0 aromatic heterocycles. The zero-order chi connectivity index (χ0) is 17.2. The minimum Gasteiger partial charge on any atom is -0.343 e. The quantitative estimate of drug-likeness (QED) is 0.764. The van der Waals surface area contributed by atoms with Crippen molar-refractivity contribution in [1.29, 1.82) is 0 Å². The van der Waals surface area contributed by atoms with E-state index in [1.54, 1.807) is 0 Å². The van der Waals surface area contributed by atoms with E-state index >= 15 is 0 Å². The van der Waals surface area contributed by atoms with Crippen LogP contribution in [0.15, 0.2) is 0 Å². The van der Waals surface area contributed by atoms with Crippen LogP contribution >= 0.6 is 0 Å². The molecule has 0 radical (unpaired) electrons. The van der Waals surface area contributed by atoms with Gasteiger partial charge in [-0.1, -0.05) is 27.2 Å². The van der Waals surface area contributed by atoms with Gasteiger partial charge in [0.1, 0.15) is 0 Å². The summed E-state index contributed by atoms with van der Waals surface area (Å²) in [5.74, 6) is 1.27. The highest BCUT2D eigenvalue weighted by molar-refractivity contribution is 5.76. The fourth-order valence-corrected chi connectivity index (χ4v) is 5.04. The summed E-state index contributed by atoms with van der Waals surface area (Å²) in [6.07, 6.45) is 11.2. The Kier molecular flexibility index (Phi) is 5.58. The number of amides is 1. The first-order valence-corrected chi connectivity index (χ1v) is 10.4. The number of hydrogen-bond acceptors (Lipinski definition) is 2. The lowest BCUT2D eigenvalue weighted by Crippen LogP contribution is -2.46. The van der Waals surface area contributed by atoms with Crippen molar-refractivity contribution in [2.75, 3.05) is 32.7 Å². The molecule has 0 atom stereocenters. The van der Waals surface area contributed by atoms with Gasteiger partial charge in [-0.15, -0.1) is 0 Å². The highest BCUT2D eigenvalue weighted by Gasteiger charge is 2.40. The van der Waals surface area contributed by atoms with Crippen molar-refractivity contribution in [3.63, 3.8) is 0 Å². The Bertz CT molecular complexity index is 418. The van der Waals surface area contributed by atoms with Gasteiger partial charge in [0.2, 0.25) is 5.91 Å². The molecule has 1 aliphatic carbocycles. The van der Waals surface area contributed by atoms with E-state index < -0.39 is 0 Å². The van der Waals surface area contributed by atoms with E-state index in [2.05, 4.69) is 30.6 Å². The van der Waals surface area contributed by atoms with Gasteiger partial charge in [-0.3, -0.25) is 4.79 Å². The van der Waals surface area contributed by atoms with Crippen LogP contribution in [-0.2, 0) is 4.79 Å². The van der Waals surface area contributed by atoms with Crippen molar-refractivity contribution in [3.05, 3.63) is 0 Å². The number of nitrogens with zero attached hydrogens (tertiary/aromatic N) is 2. The van der Waals surface area contributed by atoms with Gasteiger partial charge in [-0.05, 0) is 81.3 Å². The number of carbonyl (C=O) groups is 1. The molecule has 0 aromatic carbocycles. The Labute approximate surface area is 149 Å². The van der Waals surface area contributed by atoms with Crippen molar-refractivity contribution in [2.24, 2.45) is 16.7 Å². The summed E-state index contributed by atoms with van der Waals surface area (Å²) in [6.45, 7) is 12.7. The standard InChI is InChI=1S/C21H38N2O/c1-20(2,3)18-7-14-22(15-8-18)13-4-6-19(24)23-16-11-21(12-17-23)9-5-10-21/h18H,4-17H2,1-3H3. The maximum atomic E-state index is 12.4. The van der Waals surface area contributed by atoms with Crippen LogP contribution in [0.2, 0.25) is 0 Å². The number of carbonyl (C=O) groups excluding carboxylic acids is 1. The summed E-state index contributed by atoms with van der Waals surface area (Å²) < 4.78 is 0. The van der Waals surface area contributed by atoms with Crippen LogP contribution in [0.4, 0.5) is 0 Å². The summed E-state index contributed by atoms with van der Waals surface area (Å²) in [4.78, 5) is 17.2. The summed E-state index contributed by atoms with van der Waals surface area (Å²) in [7, 11) is 0. The highest BCUT2D eigenvalue weighted by atomic mass is 16.2. The van der Waals surface area contributed by atoms with Gasteiger partial charge in [0, 0.05) is 19.5 Å². The number of likely N-dealkylation sites (tertiary alicyclic amines) is 2. The molecule has 3 aliphatic rings. The molecule has 2 saturated heterocycles. The number of piperidine rings is 2. The molecule has 3 heteroatoms. The van der Waals surface area contributed by atoms with Gasteiger partial charge < -0.3 is 9.80 Å². The van der Waals surface area contributed by atoms with E-state index in [9.17, 15) is 4.79 Å². The van der Waals surface area contributed by atoms with Crippen LogP contribution in [0.25, 0.3) is 0 Å². The molecule has 3 rings (SSSR count). The van der Waals surface area contributed by atoms with Gasteiger partial charge in [0.05, 0.1) is 0 Å². The molecule has 2 aliphatic heterocycles. The first kappa shape index (κ1) is 18.2. The molecule has 1 amide bonds. The molecule has 24 heavy (non-hydrogen) atoms. The fourth-order valence-electron chi connectivity index (χ4n) is 5.04.